The topological polar surface area (TPSA) is 87.5 Å². The number of amides is 1. The van der Waals surface area contributed by atoms with Crippen LogP contribution in [0.1, 0.15) is 37.4 Å². The van der Waals surface area contributed by atoms with Crippen LogP contribution in [0.2, 0.25) is 0 Å². The number of carbonyl (C=O) groups excluding carboxylic acids is 1. The molecule has 6 rings (SSSR count). The molecule has 2 saturated carbocycles. The van der Waals surface area contributed by atoms with Crippen LogP contribution in [0.15, 0.2) is 41.5 Å². The van der Waals surface area contributed by atoms with Crippen molar-refractivity contribution in [3.05, 3.63) is 52.7 Å². The Hall–Kier alpha value is -2.51. The third-order valence-corrected chi connectivity index (χ3v) is 7.89. The van der Waals surface area contributed by atoms with Crippen LogP contribution in [0.5, 0.6) is 0 Å². The summed E-state index contributed by atoms with van der Waals surface area (Å²) in [5.74, 6) is 0.807. The Morgan fingerprint density at radius 1 is 1.09 bits per heavy atom. The van der Waals surface area contributed by atoms with Crippen molar-refractivity contribution in [2.75, 3.05) is 19.7 Å². The highest BCUT2D eigenvalue weighted by Gasteiger charge is 2.56. The number of nitrogens with one attached hydrogen (secondary N) is 1. The molecule has 32 heavy (non-hydrogen) atoms. The molecule has 2 N–H and O–H groups in total. The van der Waals surface area contributed by atoms with E-state index >= 15 is 0 Å². The number of aliphatic hydroxyl groups is 1. The highest BCUT2D eigenvalue weighted by molar-refractivity contribution is 5.81. The fourth-order valence-electron chi connectivity index (χ4n) is 5.81. The maximum Gasteiger partial charge on any atom is 0.258 e. The highest BCUT2D eigenvalue weighted by Crippen LogP contribution is 2.50. The minimum absolute atomic E-state index is 0.000153. The molecule has 0 aromatic carbocycles. The molecule has 168 valence electrons. The van der Waals surface area contributed by atoms with Crippen molar-refractivity contribution in [2.24, 2.45) is 23.7 Å². The van der Waals surface area contributed by atoms with Gasteiger partial charge in [-0.15, -0.1) is 0 Å². The number of aliphatic hydroxyl groups excluding tert-OH is 1. The van der Waals surface area contributed by atoms with Crippen LogP contribution >= 0.6 is 0 Å². The second-order valence-electron chi connectivity index (χ2n) is 10.0. The number of nitrogens with zero attached hydrogens (tertiary/aromatic N) is 3. The summed E-state index contributed by atoms with van der Waals surface area (Å²) in [6, 6.07) is 7.46. The molecule has 2 aliphatic heterocycles. The van der Waals surface area contributed by atoms with Gasteiger partial charge in [0.1, 0.15) is 0 Å². The number of hydrogen-bond acceptors (Lipinski definition) is 5. The fraction of sp³-hybridized carbons (Fsp3) is 0.560. The van der Waals surface area contributed by atoms with Gasteiger partial charge < -0.3 is 15.0 Å². The van der Waals surface area contributed by atoms with Crippen LogP contribution in [0.4, 0.5) is 0 Å². The first-order valence-corrected chi connectivity index (χ1v) is 11.9. The van der Waals surface area contributed by atoms with Crippen LogP contribution in [0.3, 0.4) is 0 Å². The summed E-state index contributed by atoms with van der Waals surface area (Å²) in [4.78, 5) is 33.4. The van der Waals surface area contributed by atoms with E-state index in [0.29, 0.717) is 23.9 Å². The second kappa shape index (κ2) is 7.81. The van der Waals surface area contributed by atoms with E-state index in [4.69, 9.17) is 0 Å². The average molecular weight is 435 g/mol. The normalized spacial score (nSPS) is 29.0. The molecule has 2 bridgehead atoms. The monoisotopic (exact) mass is 434 g/mol. The van der Waals surface area contributed by atoms with Gasteiger partial charge in [0.2, 0.25) is 5.91 Å². The van der Waals surface area contributed by atoms with Gasteiger partial charge in [-0.3, -0.25) is 19.5 Å². The van der Waals surface area contributed by atoms with E-state index in [9.17, 15) is 14.7 Å². The minimum atomic E-state index is -0.331. The summed E-state index contributed by atoms with van der Waals surface area (Å²) < 4.78 is 1.87. The molecule has 1 saturated heterocycles. The molecule has 4 heterocycles. The summed E-state index contributed by atoms with van der Waals surface area (Å²) in [7, 11) is 0. The van der Waals surface area contributed by atoms with Crippen molar-refractivity contribution in [3.8, 4) is 11.1 Å². The zero-order chi connectivity index (χ0) is 21.8. The van der Waals surface area contributed by atoms with E-state index in [1.54, 1.807) is 12.4 Å². The molecular weight excluding hydrogens is 404 g/mol. The number of carbonyl (C=O) groups is 1. The van der Waals surface area contributed by atoms with Gasteiger partial charge in [-0.2, -0.15) is 0 Å². The molecule has 0 unspecified atom stereocenters. The van der Waals surface area contributed by atoms with Crippen molar-refractivity contribution < 1.29 is 9.90 Å². The first kappa shape index (κ1) is 20.1. The first-order chi connectivity index (χ1) is 15.7. The second-order valence-corrected chi connectivity index (χ2v) is 10.0. The number of fused-ring (bicyclic) bond motifs is 4. The van der Waals surface area contributed by atoms with Gasteiger partial charge in [-0.05, 0) is 67.3 Å². The zero-order valence-corrected chi connectivity index (χ0v) is 18.2. The Morgan fingerprint density at radius 2 is 1.84 bits per heavy atom. The van der Waals surface area contributed by atoms with E-state index in [1.807, 2.05) is 28.8 Å². The standard InChI is InChI=1S/C25H30N4O3/c30-14-19-21-13-29-20(6-5-18(25(29)32)17-7-9-26-10-8-17)23(28(21)12-16-3-4-16)22(19)24(31)27-11-15-1-2-15/h5-10,15-16,19,21-23,30H,1-4,11-14H2,(H,27,31)/t19-,21-,22+,23+/m1/s1. The molecule has 0 radical (unpaired) electrons. The molecule has 2 aromatic rings. The largest absolute Gasteiger partial charge is 0.396 e. The van der Waals surface area contributed by atoms with Gasteiger partial charge in [0, 0.05) is 61.9 Å². The lowest BCUT2D eigenvalue weighted by molar-refractivity contribution is -0.127. The van der Waals surface area contributed by atoms with Crippen molar-refractivity contribution in [1.82, 2.24) is 19.8 Å². The van der Waals surface area contributed by atoms with Crippen LogP contribution in [0.25, 0.3) is 11.1 Å². The predicted molar refractivity (Wildman–Crippen MR) is 120 cm³/mol. The summed E-state index contributed by atoms with van der Waals surface area (Å²) in [6.07, 6.45) is 8.22. The average Bonchev–Trinajstić information content (AvgIpc) is 3.73. The molecule has 7 nitrogen and oxygen atoms in total. The van der Waals surface area contributed by atoms with Crippen LogP contribution in [-0.4, -0.2) is 51.2 Å². The lowest BCUT2D eigenvalue weighted by atomic mass is 9.86. The Morgan fingerprint density at radius 3 is 2.53 bits per heavy atom. The summed E-state index contributed by atoms with van der Waals surface area (Å²) in [5.41, 5.74) is 2.39. The van der Waals surface area contributed by atoms with E-state index < -0.39 is 0 Å². The first-order valence-electron chi connectivity index (χ1n) is 11.9. The molecule has 0 spiro atoms. The quantitative estimate of drug-likeness (QED) is 0.694. The van der Waals surface area contributed by atoms with Gasteiger partial charge >= 0.3 is 0 Å². The molecular formula is C25H30N4O3. The van der Waals surface area contributed by atoms with Crippen LogP contribution < -0.4 is 10.9 Å². The molecule has 2 aromatic heterocycles. The van der Waals surface area contributed by atoms with Crippen molar-refractivity contribution in [2.45, 2.75) is 44.3 Å². The van der Waals surface area contributed by atoms with Crippen LogP contribution in [-0.2, 0) is 11.3 Å². The zero-order valence-electron chi connectivity index (χ0n) is 18.2. The number of rotatable bonds is 7. The van der Waals surface area contributed by atoms with Gasteiger partial charge in [0.15, 0.2) is 0 Å². The molecule has 4 atom stereocenters. The highest BCUT2D eigenvalue weighted by atomic mass is 16.3. The Balaban J connectivity index is 1.41. The summed E-state index contributed by atoms with van der Waals surface area (Å²) in [5, 5.41) is 13.5. The summed E-state index contributed by atoms with van der Waals surface area (Å²) >= 11 is 0. The number of pyridine rings is 2. The van der Waals surface area contributed by atoms with Gasteiger partial charge in [-0.1, -0.05) is 0 Å². The third-order valence-electron chi connectivity index (χ3n) is 7.89. The van der Waals surface area contributed by atoms with E-state index in [0.717, 1.165) is 24.3 Å². The smallest absolute Gasteiger partial charge is 0.258 e. The molecule has 3 fully saturated rings. The van der Waals surface area contributed by atoms with Crippen molar-refractivity contribution in [3.63, 3.8) is 0 Å². The van der Waals surface area contributed by atoms with Crippen LogP contribution in [0, 0.1) is 23.7 Å². The third kappa shape index (κ3) is 3.39. The van der Waals surface area contributed by atoms with Gasteiger partial charge in [0.05, 0.1) is 12.0 Å². The Kier molecular flexibility index (Phi) is 4.91. The maximum absolute atomic E-state index is 13.5. The minimum Gasteiger partial charge on any atom is -0.396 e. The molecule has 1 amide bonds. The molecule has 7 heteroatoms. The number of hydrogen-bond donors (Lipinski definition) is 2. The van der Waals surface area contributed by atoms with Gasteiger partial charge in [-0.25, -0.2) is 0 Å². The predicted octanol–water partition coefficient (Wildman–Crippen LogP) is 1.81. The van der Waals surface area contributed by atoms with E-state index in [-0.39, 0.29) is 42.0 Å². The van der Waals surface area contributed by atoms with E-state index in [2.05, 4.69) is 15.2 Å². The lowest BCUT2D eigenvalue weighted by Crippen LogP contribution is -2.47. The summed E-state index contributed by atoms with van der Waals surface area (Å²) in [6.45, 7) is 2.15. The van der Waals surface area contributed by atoms with Crippen molar-refractivity contribution in [1.29, 1.82) is 0 Å². The SMILES string of the molecule is O=C(NCC1CC1)[C@H]1[C@H](CO)[C@H]2Cn3c(ccc(-c4ccncc4)c3=O)[C@@H]1N2CC1CC1. The molecule has 2 aliphatic carbocycles. The van der Waals surface area contributed by atoms with Crippen molar-refractivity contribution >= 4 is 5.91 Å². The number of aromatic nitrogens is 2. The maximum atomic E-state index is 13.5. The van der Waals surface area contributed by atoms with E-state index in [1.165, 1.54) is 25.7 Å². The Bertz CT molecular complexity index is 1080. The Labute approximate surface area is 187 Å². The fourth-order valence-corrected chi connectivity index (χ4v) is 5.81. The molecule has 4 aliphatic rings. The lowest BCUT2D eigenvalue weighted by Gasteiger charge is -2.38. The van der Waals surface area contributed by atoms with Gasteiger partial charge in [0.25, 0.3) is 5.56 Å².